The van der Waals surface area contributed by atoms with Crippen molar-refractivity contribution in [1.29, 1.82) is 0 Å². The minimum absolute atomic E-state index is 0.114. The Morgan fingerprint density at radius 2 is 0.485 bits per heavy atom. The number of esters is 3. The van der Waals surface area contributed by atoms with Gasteiger partial charge in [-0.25, -0.2) is 0 Å². The fraction of sp³-hybridized carbons (Fsp3) is 0.817. The molecule has 0 aromatic carbocycles. The smallest absolute Gasteiger partial charge is 0.305 e. The highest BCUT2D eigenvalue weighted by Crippen LogP contribution is 2.16. The van der Waals surface area contributed by atoms with Gasteiger partial charge in [0.15, 0.2) is 18.9 Å². The molecule has 0 rings (SSSR count). The van der Waals surface area contributed by atoms with Crippen LogP contribution >= 0.6 is 0 Å². The Bertz CT molecular complexity index is 1700. The Kier molecular flexibility index (Phi) is 75.4. The standard InChI is InChI=1S/C82H150N2O13/c1-7-13-19-25-34-49-71-92-80(93-72-50-35-26-20-14-8-2)58-55-77(86)89-68-46-40-31-43-61-83(62-44-32-41-47-69-90-78(87)56-59-81(94-73-51-36-27-21-15-9-3)95-74-52-37-28-22-16-10-4)64-65-84(66-67-85)63-45-33-42-48-70-91-79(88)57-60-82(96-75-53-38-29-23-17-11-5)97-76-54-39-30-24-18-12-6/h13-24,80-82,85H,7-12,25-76H2,1-6H3/b19-13-,20-14-,21-15-,22-16-,23-17-,24-18-. The highest BCUT2D eigenvalue weighted by molar-refractivity contribution is 5.70. The van der Waals surface area contributed by atoms with E-state index in [4.69, 9.17) is 42.6 Å². The number of ether oxygens (including phenoxy) is 9. The first kappa shape index (κ1) is 93.5. The van der Waals surface area contributed by atoms with Gasteiger partial charge in [0.05, 0.1) is 45.7 Å². The summed E-state index contributed by atoms with van der Waals surface area (Å²) < 4.78 is 53.8. The normalized spacial score (nSPS) is 12.4. The third-order valence-electron chi connectivity index (χ3n) is 16.6. The lowest BCUT2D eigenvalue weighted by Gasteiger charge is -2.27. The van der Waals surface area contributed by atoms with Gasteiger partial charge in [0.1, 0.15) is 0 Å². The zero-order valence-corrected chi connectivity index (χ0v) is 63.4. The molecule has 97 heavy (non-hydrogen) atoms. The molecule has 0 radical (unpaired) electrons. The number of rotatable bonds is 77. The largest absolute Gasteiger partial charge is 0.466 e. The van der Waals surface area contributed by atoms with Crippen LogP contribution in [0.15, 0.2) is 72.9 Å². The van der Waals surface area contributed by atoms with E-state index < -0.39 is 18.9 Å². The molecule has 566 valence electrons. The number of hydrogen-bond acceptors (Lipinski definition) is 15. The van der Waals surface area contributed by atoms with Gasteiger partial charge in [-0.2, -0.15) is 0 Å². The van der Waals surface area contributed by atoms with Crippen LogP contribution in [0.5, 0.6) is 0 Å². The molecule has 1 N–H and O–H groups in total. The summed E-state index contributed by atoms with van der Waals surface area (Å²) in [5, 5.41) is 10.1. The van der Waals surface area contributed by atoms with Crippen LogP contribution < -0.4 is 0 Å². The first-order valence-corrected chi connectivity index (χ1v) is 39.9. The highest BCUT2D eigenvalue weighted by atomic mass is 16.7. The zero-order chi connectivity index (χ0) is 70.5. The fourth-order valence-electron chi connectivity index (χ4n) is 10.8. The molecule has 0 aliphatic carbocycles. The number of nitrogens with zero attached hydrogens (tertiary/aromatic N) is 2. The van der Waals surface area contributed by atoms with Gasteiger partial charge in [-0.1, -0.05) is 153 Å². The van der Waals surface area contributed by atoms with Gasteiger partial charge in [-0.15, -0.1) is 0 Å². The average Bonchev–Trinajstić information content (AvgIpc) is 3.64. The minimum Gasteiger partial charge on any atom is -0.466 e. The van der Waals surface area contributed by atoms with Gasteiger partial charge >= 0.3 is 17.9 Å². The average molecular weight is 1370 g/mol. The summed E-state index contributed by atoms with van der Waals surface area (Å²) in [5.41, 5.74) is 0. The molecule has 15 heteroatoms. The predicted molar refractivity (Wildman–Crippen MR) is 403 cm³/mol. The third-order valence-corrected chi connectivity index (χ3v) is 16.6. The van der Waals surface area contributed by atoms with E-state index >= 15 is 0 Å². The molecule has 0 saturated carbocycles. The molecule has 0 saturated heterocycles. The summed E-state index contributed by atoms with van der Waals surface area (Å²) in [4.78, 5) is 43.6. The van der Waals surface area contributed by atoms with E-state index in [0.717, 1.165) is 264 Å². The topological polar surface area (TPSA) is 161 Å². The zero-order valence-electron chi connectivity index (χ0n) is 63.4. The lowest BCUT2D eigenvalue weighted by molar-refractivity contribution is -0.159. The van der Waals surface area contributed by atoms with Crippen molar-refractivity contribution in [2.75, 3.05) is 105 Å². The van der Waals surface area contributed by atoms with Crippen LogP contribution in [0.2, 0.25) is 0 Å². The van der Waals surface area contributed by atoms with Gasteiger partial charge in [0, 0.05) is 78.5 Å². The first-order chi connectivity index (χ1) is 47.8. The summed E-state index contributed by atoms with van der Waals surface area (Å²) in [7, 11) is 0. The van der Waals surface area contributed by atoms with Gasteiger partial charge in [0.25, 0.3) is 0 Å². The Morgan fingerprint density at radius 3 is 0.711 bits per heavy atom. The SMILES string of the molecule is CC/C=C\CCCCOC(CCC(=O)OCCCCCCN(CCO)CCN(CCCCCCOC(=O)CCC(OCCCC/C=C\CC)OCCCC/C=C\CC)CCCCCCOC(=O)CCC(OCCCC/C=C\CC)OCCCC/C=C\CC)OCCCC/C=C\CC. The number of aliphatic hydroxyl groups excluding tert-OH is 1. The predicted octanol–water partition coefficient (Wildman–Crippen LogP) is 20.1. The molecule has 0 aliphatic rings. The second kappa shape index (κ2) is 78.2. The number of allylic oxidation sites excluding steroid dienone is 12. The van der Waals surface area contributed by atoms with Crippen molar-refractivity contribution in [2.45, 2.75) is 330 Å². The third kappa shape index (κ3) is 70.7. The molecule has 15 nitrogen and oxygen atoms in total. The van der Waals surface area contributed by atoms with Crippen LogP contribution in [-0.4, -0.2) is 157 Å². The van der Waals surface area contributed by atoms with E-state index in [-0.39, 0.29) is 43.8 Å². The summed E-state index contributed by atoms with van der Waals surface area (Å²) in [6, 6.07) is 0. The van der Waals surface area contributed by atoms with Gasteiger partial charge in [0.2, 0.25) is 0 Å². The molecule has 0 fully saturated rings. The summed E-state index contributed by atoms with van der Waals surface area (Å²) in [6.07, 6.45) is 64.3. The summed E-state index contributed by atoms with van der Waals surface area (Å²) >= 11 is 0. The number of carbonyl (C=O) groups excluding carboxylic acids is 3. The van der Waals surface area contributed by atoms with Crippen LogP contribution in [-0.2, 0) is 57.0 Å². The molecule has 0 unspecified atom stereocenters. The van der Waals surface area contributed by atoms with E-state index in [0.29, 0.717) is 85.3 Å². The molecule has 0 atom stereocenters. The van der Waals surface area contributed by atoms with Crippen molar-refractivity contribution in [2.24, 2.45) is 0 Å². The Hall–Kier alpha value is -3.51. The first-order valence-electron chi connectivity index (χ1n) is 39.9. The summed E-state index contributed by atoms with van der Waals surface area (Å²) in [6.45, 7) is 23.3. The molecule has 0 bridgehead atoms. The number of hydrogen-bond donors (Lipinski definition) is 1. The van der Waals surface area contributed by atoms with E-state index in [9.17, 15) is 19.5 Å². The van der Waals surface area contributed by atoms with Gasteiger partial charge in [-0.3, -0.25) is 19.3 Å². The molecule has 0 heterocycles. The Balaban J connectivity index is 5.31. The van der Waals surface area contributed by atoms with Crippen molar-refractivity contribution >= 4 is 17.9 Å². The molecule has 0 aromatic heterocycles. The molecule has 0 amide bonds. The van der Waals surface area contributed by atoms with Gasteiger partial charge in [-0.05, 0) is 212 Å². The lowest BCUT2D eigenvalue weighted by atomic mass is 10.1. The maximum atomic E-state index is 12.9. The van der Waals surface area contributed by atoms with Crippen LogP contribution in [0.25, 0.3) is 0 Å². The van der Waals surface area contributed by atoms with Crippen LogP contribution in [0.3, 0.4) is 0 Å². The second-order valence-electron chi connectivity index (χ2n) is 25.7. The van der Waals surface area contributed by atoms with E-state index in [2.05, 4.69) is 124 Å². The maximum absolute atomic E-state index is 12.9. The monoisotopic (exact) mass is 1370 g/mol. The van der Waals surface area contributed by atoms with E-state index in [1.54, 1.807) is 0 Å². The minimum atomic E-state index is -0.400. The summed E-state index contributed by atoms with van der Waals surface area (Å²) in [5.74, 6) is -0.588. The quantitative estimate of drug-likeness (QED) is 0.0201. The van der Waals surface area contributed by atoms with Crippen molar-refractivity contribution in [3.8, 4) is 0 Å². The lowest BCUT2D eigenvalue weighted by Crippen LogP contribution is -2.38. The molecule has 0 spiro atoms. The van der Waals surface area contributed by atoms with Gasteiger partial charge < -0.3 is 52.6 Å². The number of carbonyl (C=O) groups is 3. The number of aliphatic hydroxyl groups is 1. The second-order valence-corrected chi connectivity index (χ2v) is 25.7. The molecular weight excluding hydrogens is 1220 g/mol. The van der Waals surface area contributed by atoms with Crippen molar-refractivity contribution in [1.82, 2.24) is 9.80 Å². The van der Waals surface area contributed by atoms with Crippen molar-refractivity contribution < 1.29 is 62.1 Å². The molecule has 0 aliphatic heterocycles. The van der Waals surface area contributed by atoms with Crippen LogP contribution in [0, 0.1) is 0 Å². The molecular formula is C82H150N2O13. The molecule has 0 aromatic rings. The fourth-order valence-corrected chi connectivity index (χ4v) is 10.8. The van der Waals surface area contributed by atoms with E-state index in [1.807, 2.05) is 0 Å². The Labute approximate surface area is 595 Å². The van der Waals surface area contributed by atoms with Crippen molar-refractivity contribution in [3.05, 3.63) is 72.9 Å². The highest BCUT2D eigenvalue weighted by Gasteiger charge is 2.17. The van der Waals surface area contributed by atoms with Crippen LogP contribution in [0.1, 0.15) is 311 Å². The number of unbranched alkanes of at least 4 members (excludes halogenated alkanes) is 21. The van der Waals surface area contributed by atoms with E-state index in [1.165, 1.54) is 0 Å². The Morgan fingerprint density at radius 1 is 0.268 bits per heavy atom. The maximum Gasteiger partial charge on any atom is 0.305 e. The van der Waals surface area contributed by atoms with Crippen molar-refractivity contribution in [3.63, 3.8) is 0 Å². The van der Waals surface area contributed by atoms with Crippen LogP contribution in [0.4, 0.5) is 0 Å².